The van der Waals surface area contributed by atoms with Gasteiger partial charge in [-0.2, -0.15) is 0 Å². The fraction of sp³-hybridized carbons (Fsp3) is 0. The molecule has 0 saturated carbocycles. The summed E-state index contributed by atoms with van der Waals surface area (Å²) in [6.07, 6.45) is 0. The first-order valence-electron chi connectivity index (χ1n) is 4.21. The molecule has 16 heavy (non-hydrogen) atoms. The predicted octanol–water partition coefficient (Wildman–Crippen LogP) is -2.94. The van der Waals surface area contributed by atoms with Crippen LogP contribution in [0.1, 0.15) is 0 Å². The molecule has 0 amide bonds. The molecule has 0 aliphatic heterocycles. The number of aromatic hydroxyl groups is 1. The molecule has 1 N–H and O–H groups in total. The Bertz CT molecular complexity index is 407. The van der Waals surface area contributed by atoms with E-state index in [9.17, 15) is 5.11 Å². The van der Waals surface area contributed by atoms with E-state index in [-0.39, 0.29) is 46.5 Å². The van der Waals surface area contributed by atoms with Gasteiger partial charge in [-0.05, 0) is 11.6 Å². The van der Waals surface area contributed by atoms with Gasteiger partial charge in [-0.25, -0.2) is 0 Å². The van der Waals surface area contributed by atoms with E-state index < -0.39 is 0 Å². The molecule has 0 aromatic heterocycles. The Hall–Kier alpha value is -0.466. The molecule has 0 heterocycles. The second kappa shape index (κ2) is 8.66. The molecule has 4 heteroatoms. The normalized spacial score (nSPS) is 8.00. The van der Waals surface area contributed by atoms with Gasteiger partial charge in [0.2, 0.25) is 0 Å². The average molecular weight is 289 g/mol. The van der Waals surface area contributed by atoms with Gasteiger partial charge in [-0.3, -0.25) is 0 Å². The van der Waals surface area contributed by atoms with E-state index in [4.69, 9.17) is 0 Å². The van der Waals surface area contributed by atoms with Crippen LogP contribution in [0.2, 0.25) is 0 Å². The third-order valence-electron chi connectivity index (χ3n) is 1.99. The standard InChI is InChI=1S/C12H10O.2ClH.Ti/c13-12-9-5-4-8-11(12)10-6-2-1-3-7-10;;;/h1-9,13H;2*1H;/q;;;+2/p-2. The molecular weight excluding hydrogens is 279 g/mol. The summed E-state index contributed by atoms with van der Waals surface area (Å²) in [6, 6.07) is 17.2. The van der Waals surface area contributed by atoms with Gasteiger partial charge in [0.25, 0.3) is 0 Å². The summed E-state index contributed by atoms with van der Waals surface area (Å²) in [4.78, 5) is 0. The molecule has 2 rings (SSSR count). The van der Waals surface area contributed by atoms with Crippen molar-refractivity contribution in [3.63, 3.8) is 0 Å². The molecule has 2 aromatic carbocycles. The fourth-order valence-corrected chi connectivity index (χ4v) is 1.34. The van der Waals surface area contributed by atoms with Crippen molar-refractivity contribution in [3.05, 3.63) is 54.6 Å². The van der Waals surface area contributed by atoms with Gasteiger partial charge in [-0.15, -0.1) is 0 Å². The van der Waals surface area contributed by atoms with Crippen LogP contribution in [0.15, 0.2) is 54.6 Å². The second-order valence-electron chi connectivity index (χ2n) is 2.88. The second-order valence-corrected chi connectivity index (χ2v) is 2.88. The fourth-order valence-electron chi connectivity index (χ4n) is 1.34. The Kier molecular flexibility index (Phi) is 9.70. The predicted molar refractivity (Wildman–Crippen MR) is 53.5 cm³/mol. The Morgan fingerprint density at radius 3 is 1.75 bits per heavy atom. The van der Waals surface area contributed by atoms with Gasteiger partial charge >= 0.3 is 21.7 Å². The van der Waals surface area contributed by atoms with Gasteiger partial charge in [0.15, 0.2) is 0 Å². The van der Waals surface area contributed by atoms with Gasteiger partial charge in [0.05, 0.1) is 0 Å². The summed E-state index contributed by atoms with van der Waals surface area (Å²) >= 11 is 0. The molecule has 0 bridgehead atoms. The van der Waals surface area contributed by atoms with E-state index in [2.05, 4.69) is 0 Å². The van der Waals surface area contributed by atoms with E-state index in [1.807, 2.05) is 48.5 Å². The SMILES string of the molecule is Oc1ccccc1-c1ccccc1.[Cl-].[Cl-].[Ti+2]. The monoisotopic (exact) mass is 288 g/mol. The molecule has 82 valence electrons. The van der Waals surface area contributed by atoms with Crippen molar-refractivity contribution in [2.45, 2.75) is 0 Å². The molecule has 0 unspecified atom stereocenters. The molecule has 0 aliphatic carbocycles. The Balaban J connectivity index is 0. The van der Waals surface area contributed by atoms with Crippen molar-refractivity contribution in [3.8, 4) is 16.9 Å². The Morgan fingerprint density at radius 2 is 1.19 bits per heavy atom. The zero-order valence-corrected chi connectivity index (χ0v) is 11.5. The summed E-state index contributed by atoms with van der Waals surface area (Å²) in [7, 11) is 0. The molecule has 0 saturated heterocycles. The number of para-hydroxylation sites is 1. The molecule has 1 nitrogen and oxygen atoms in total. The van der Waals surface area contributed by atoms with Gasteiger partial charge in [0.1, 0.15) is 5.75 Å². The van der Waals surface area contributed by atoms with E-state index in [0.717, 1.165) is 11.1 Å². The first kappa shape index (κ1) is 17.9. The number of hydrogen-bond acceptors (Lipinski definition) is 1. The van der Waals surface area contributed by atoms with Crippen LogP contribution in [-0.2, 0) is 21.7 Å². The maximum Gasteiger partial charge on any atom is 2.00 e. The molecule has 2 aromatic rings. The van der Waals surface area contributed by atoms with Crippen molar-refractivity contribution >= 4 is 0 Å². The number of rotatable bonds is 1. The molecule has 0 spiro atoms. The number of hydrogen-bond donors (Lipinski definition) is 1. The van der Waals surface area contributed by atoms with Crippen molar-refractivity contribution in [1.82, 2.24) is 0 Å². The summed E-state index contributed by atoms with van der Waals surface area (Å²) < 4.78 is 0. The van der Waals surface area contributed by atoms with E-state index >= 15 is 0 Å². The first-order valence-corrected chi connectivity index (χ1v) is 4.21. The van der Waals surface area contributed by atoms with Crippen LogP contribution in [0, 0.1) is 0 Å². The summed E-state index contributed by atoms with van der Waals surface area (Å²) in [5, 5.41) is 9.56. The average Bonchev–Trinajstić information content (AvgIpc) is 2.20. The molecule has 0 radical (unpaired) electrons. The topological polar surface area (TPSA) is 20.2 Å². The van der Waals surface area contributed by atoms with Gasteiger partial charge in [0, 0.05) is 5.56 Å². The van der Waals surface area contributed by atoms with Crippen molar-refractivity contribution in [1.29, 1.82) is 0 Å². The number of benzene rings is 2. The van der Waals surface area contributed by atoms with E-state index in [1.165, 1.54) is 0 Å². The number of phenolic OH excluding ortho intramolecular Hbond substituents is 1. The summed E-state index contributed by atoms with van der Waals surface area (Å²) in [6.45, 7) is 0. The van der Waals surface area contributed by atoms with E-state index in [0.29, 0.717) is 5.75 Å². The zero-order chi connectivity index (χ0) is 9.10. The van der Waals surface area contributed by atoms with Gasteiger partial charge < -0.3 is 29.9 Å². The first-order chi connectivity index (χ1) is 6.38. The summed E-state index contributed by atoms with van der Waals surface area (Å²) in [5.41, 5.74) is 1.92. The largest absolute Gasteiger partial charge is 2.00 e. The van der Waals surface area contributed by atoms with E-state index in [1.54, 1.807) is 6.07 Å². The zero-order valence-electron chi connectivity index (χ0n) is 8.40. The minimum Gasteiger partial charge on any atom is -1.00 e. The Morgan fingerprint density at radius 1 is 0.688 bits per heavy atom. The van der Waals surface area contributed by atoms with Crippen LogP contribution in [0.25, 0.3) is 11.1 Å². The number of halogens is 2. The van der Waals surface area contributed by atoms with Crippen LogP contribution in [-0.4, -0.2) is 5.11 Å². The quantitative estimate of drug-likeness (QED) is 0.557. The van der Waals surface area contributed by atoms with Crippen LogP contribution >= 0.6 is 0 Å². The van der Waals surface area contributed by atoms with Gasteiger partial charge in [-0.1, -0.05) is 48.5 Å². The molecule has 0 atom stereocenters. The molecule has 0 fully saturated rings. The summed E-state index contributed by atoms with van der Waals surface area (Å²) in [5.74, 6) is 0.328. The van der Waals surface area contributed by atoms with Crippen LogP contribution < -0.4 is 24.8 Å². The van der Waals surface area contributed by atoms with Crippen LogP contribution in [0.5, 0.6) is 5.75 Å². The maximum absolute atomic E-state index is 9.56. The smallest absolute Gasteiger partial charge is 1.00 e. The third-order valence-corrected chi connectivity index (χ3v) is 1.99. The van der Waals surface area contributed by atoms with Crippen LogP contribution in [0.3, 0.4) is 0 Å². The van der Waals surface area contributed by atoms with Crippen molar-refractivity contribution in [2.24, 2.45) is 0 Å². The number of phenols is 1. The van der Waals surface area contributed by atoms with Crippen LogP contribution in [0.4, 0.5) is 0 Å². The van der Waals surface area contributed by atoms with Crippen molar-refractivity contribution in [2.75, 3.05) is 0 Å². The van der Waals surface area contributed by atoms with Crippen molar-refractivity contribution < 1.29 is 51.6 Å². The molecule has 0 aliphatic rings. The third kappa shape index (κ3) is 4.19. The minimum atomic E-state index is 0. The maximum atomic E-state index is 9.56. The minimum absolute atomic E-state index is 0. The molecular formula is C12H10Cl2OTi. The Labute approximate surface area is 123 Å².